The fraction of sp³-hybridized carbons (Fsp3) is 0.500. The molecule has 0 spiro atoms. The normalized spacial score (nSPS) is 19.6. The summed E-state index contributed by atoms with van der Waals surface area (Å²) in [5.41, 5.74) is -0.595. The van der Waals surface area contributed by atoms with Gasteiger partial charge < -0.3 is 10.6 Å². The fourth-order valence-corrected chi connectivity index (χ4v) is 3.98. The Morgan fingerprint density at radius 1 is 1.32 bits per heavy atom. The molecule has 0 aliphatic carbocycles. The molecule has 6 nitrogen and oxygen atoms in total. The van der Waals surface area contributed by atoms with Crippen molar-refractivity contribution in [2.75, 3.05) is 12.3 Å². The summed E-state index contributed by atoms with van der Waals surface area (Å²) in [5.74, 6) is -4.16. The summed E-state index contributed by atoms with van der Waals surface area (Å²) in [6.45, 7) is 1.63. The average Bonchev–Trinajstić information content (AvgIpc) is 2.71. The lowest BCUT2D eigenvalue weighted by molar-refractivity contribution is -0.127. The Bertz CT molecular complexity index is 747. The lowest BCUT2D eigenvalue weighted by Crippen LogP contribution is -2.47. The summed E-state index contributed by atoms with van der Waals surface area (Å²) < 4.78 is 52.2. The Hall–Kier alpha value is -2.03. The zero-order valence-corrected chi connectivity index (χ0v) is 14.5. The Labute approximate surface area is 144 Å². The molecule has 1 aliphatic heterocycles. The molecule has 0 radical (unpaired) electrons. The number of benzene rings is 1. The molecule has 1 aliphatic rings. The maximum Gasteiger partial charge on any atom is 0.242 e. The highest BCUT2D eigenvalue weighted by Gasteiger charge is 2.31. The standard InChI is InChI=1S/C16H20F2N2O4S/c1-10(15-11(17)5-4-6-12(15)18)25(23,24)9-14(21)20-13-7-2-3-8-19-16(13)22/h4-6,10,13H,2-3,7-9H2,1H3,(H,19,22)(H,20,21)/t10-,13-/m0/s1. The Balaban J connectivity index is 2.09. The summed E-state index contributed by atoms with van der Waals surface area (Å²) >= 11 is 0. The second kappa shape index (κ2) is 7.90. The molecule has 1 heterocycles. The van der Waals surface area contributed by atoms with E-state index in [4.69, 9.17) is 0 Å². The van der Waals surface area contributed by atoms with E-state index in [1.807, 2.05) is 0 Å². The van der Waals surface area contributed by atoms with Crippen molar-refractivity contribution < 1.29 is 26.8 Å². The summed E-state index contributed by atoms with van der Waals surface area (Å²) in [6.07, 6.45) is 1.91. The average molecular weight is 374 g/mol. The van der Waals surface area contributed by atoms with Crippen molar-refractivity contribution in [1.82, 2.24) is 10.6 Å². The molecular weight excluding hydrogens is 354 g/mol. The molecule has 2 amide bonds. The molecule has 25 heavy (non-hydrogen) atoms. The summed E-state index contributed by atoms with van der Waals surface area (Å²) in [5, 5.41) is 3.48. The monoisotopic (exact) mass is 374 g/mol. The van der Waals surface area contributed by atoms with Crippen LogP contribution in [-0.2, 0) is 19.4 Å². The van der Waals surface area contributed by atoms with Gasteiger partial charge in [-0.05, 0) is 38.3 Å². The van der Waals surface area contributed by atoms with E-state index in [-0.39, 0.29) is 5.91 Å². The van der Waals surface area contributed by atoms with Crippen molar-refractivity contribution in [2.45, 2.75) is 37.5 Å². The molecule has 2 N–H and O–H groups in total. The second-order valence-corrected chi connectivity index (χ2v) is 8.31. The first-order valence-electron chi connectivity index (χ1n) is 7.95. The van der Waals surface area contributed by atoms with Crippen LogP contribution in [0.3, 0.4) is 0 Å². The molecule has 1 aromatic carbocycles. The maximum absolute atomic E-state index is 13.8. The third-order valence-corrected chi connectivity index (χ3v) is 6.13. The predicted octanol–water partition coefficient (Wildman–Crippen LogP) is 1.23. The quantitative estimate of drug-likeness (QED) is 0.811. The van der Waals surface area contributed by atoms with E-state index in [1.54, 1.807) is 0 Å². The van der Waals surface area contributed by atoms with Gasteiger partial charge in [-0.15, -0.1) is 0 Å². The zero-order chi connectivity index (χ0) is 18.6. The first kappa shape index (κ1) is 19.3. The number of carbonyl (C=O) groups is 2. The van der Waals surface area contributed by atoms with Crippen LogP contribution in [0, 0.1) is 11.6 Å². The minimum absolute atomic E-state index is 0.364. The van der Waals surface area contributed by atoms with Gasteiger partial charge in [-0.1, -0.05) is 6.07 Å². The van der Waals surface area contributed by atoms with E-state index >= 15 is 0 Å². The molecular formula is C16H20F2N2O4S. The van der Waals surface area contributed by atoms with E-state index in [1.165, 1.54) is 0 Å². The van der Waals surface area contributed by atoms with Gasteiger partial charge in [0, 0.05) is 12.1 Å². The van der Waals surface area contributed by atoms with Crippen LogP contribution in [0.15, 0.2) is 18.2 Å². The fourth-order valence-electron chi connectivity index (χ4n) is 2.70. The van der Waals surface area contributed by atoms with Gasteiger partial charge in [-0.3, -0.25) is 9.59 Å². The molecule has 0 saturated carbocycles. The SMILES string of the molecule is C[C@@H](c1c(F)cccc1F)S(=O)(=O)CC(=O)N[C@H]1CCCCNC1=O. The van der Waals surface area contributed by atoms with Crippen LogP contribution in [0.4, 0.5) is 8.78 Å². The van der Waals surface area contributed by atoms with Crippen LogP contribution in [0.1, 0.15) is 37.0 Å². The summed E-state index contributed by atoms with van der Waals surface area (Å²) in [6, 6.07) is 2.25. The molecule has 0 bridgehead atoms. The molecule has 2 atom stereocenters. The third-order valence-electron chi connectivity index (χ3n) is 4.15. The smallest absolute Gasteiger partial charge is 0.242 e. The number of hydrogen-bond donors (Lipinski definition) is 2. The van der Waals surface area contributed by atoms with E-state index in [2.05, 4.69) is 10.6 Å². The molecule has 0 aromatic heterocycles. The van der Waals surface area contributed by atoms with Crippen LogP contribution in [0.25, 0.3) is 0 Å². The highest BCUT2D eigenvalue weighted by molar-refractivity contribution is 7.92. The predicted molar refractivity (Wildman–Crippen MR) is 87.4 cm³/mol. The zero-order valence-electron chi connectivity index (χ0n) is 13.7. The maximum atomic E-state index is 13.8. The molecule has 138 valence electrons. The van der Waals surface area contributed by atoms with Crippen LogP contribution in [0.5, 0.6) is 0 Å². The number of nitrogens with one attached hydrogen (secondary N) is 2. The van der Waals surface area contributed by atoms with Crippen molar-refractivity contribution >= 4 is 21.7 Å². The second-order valence-electron chi connectivity index (χ2n) is 5.99. The Morgan fingerprint density at radius 3 is 2.60 bits per heavy atom. The topological polar surface area (TPSA) is 92.3 Å². The summed E-state index contributed by atoms with van der Waals surface area (Å²) in [4.78, 5) is 23.8. The highest BCUT2D eigenvalue weighted by Crippen LogP contribution is 2.27. The van der Waals surface area contributed by atoms with Crippen molar-refractivity contribution in [3.8, 4) is 0 Å². The minimum atomic E-state index is -4.16. The van der Waals surface area contributed by atoms with Crippen LogP contribution in [0.2, 0.25) is 0 Å². The van der Waals surface area contributed by atoms with Gasteiger partial charge in [0.05, 0.1) is 5.25 Å². The molecule has 0 unspecified atom stereocenters. The highest BCUT2D eigenvalue weighted by atomic mass is 32.2. The van der Waals surface area contributed by atoms with Gasteiger partial charge >= 0.3 is 0 Å². The number of halogens is 2. The van der Waals surface area contributed by atoms with E-state index < -0.39 is 50.0 Å². The van der Waals surface area contributed by atoms with E-state index in [0.717, 1.165) is 31.5 Å². The van der Waals surface area contributed by atoms with Gasteiger partial charge in [-0.2, -0.15) is 0 Å². The lowest BCUT2D eigenvalue weighted by Gasteiger charge is -2.17. The van der Waals surface area contributed by atoms with Crippen LogP contribution < -0.4 is 10.6 Å². The number of amides is 2. The first-order valence-corrected chi connectivity index (χ1v) is 9.66. The minimum Gasteiger partial charge on any atom is -0.354 e. The van der Waals surface area contributed by atoms with Gasteiger partial charge in [0.15, 0.2) is 9.84 Å². The summed E-state index contributed by atoms with van der Waals surface area (Å²) in [7, 11) is -4.16. The van der Waals surface area contributed by atoms with Crippen LogP contribution in [-0.4, -0.2) is 38.6 Å². The lowest BCUT2D eigenvalue weighted by atomic mass is 10.1. The van der Waals surface area contributed by atoms with Gasteiger partial charge in [0.1, 0.15) is 23.4 Å². The molecule has 1 fully saturated rings. The van der Waals surface area contributed by atoms with Crippen molar-refractivity contribution in [3.05, 3.63) is 35.4 Å². The third kappa shape index (κ3) is 4.75. The van der Waals surface area contributed by atoms with Crippen LogP contribution >= 0.6 is 0 Å². The van der Waals surface area contributed by atoms with Crippen molar-refractivity contribution in [1.29, 1.82) is 0 Å². The molecule has 9 heteroatoms. The number of rotatable bonds is 5. The number of carbonyl (C=O) groups excluding carboxylic acids is 2. The van der Waals surface area contributed by atoms with Crippen molar-refractivity contribution in [2.24, 2.45) is 0 Å². The van der Waals surface area contributed by atoms with Gasteiger partial charge in [0.25, 0.3) is 0 Å². The van der Waals surface area contributed by atoms with E-state index in [0.29, 0.717) is 19.4 Å². The van der Waals surface area contributed by atoms with Gasteiger partial charge in [0.2, 0.25) is 11.8 Å². The van der Waals surface area contributed by atoms with Gasteiger partial charge in [-0.25, -0.2) is 17.2 Å². The molecule has 2 rings (SSSR count). The first-order chi connectivity index (χ1) is 11.7. The molecule has 1 saturated heterocycles. The Kier molecular flexibility index (Phi) is 6.10. The number of sulfone groups is 1. The molecule has 1 aromatic rings. The number of hydrogen-bond acceptors (Lipinski definition) is 4. The van der Waals surface area contributed by atoms with E-state index in [9.17, 15) is 26.8 Å². The largest absolute Gasteiger partial charge is 0.354 e. The Morgan fingerprint density at radius 2 is 1.96 bits per heavy atom. The van der Waals surface area contributed by atoms with Crippen molar-refractivity contribution in [3.63, 3.8) is 0 Å².